The van der Waals surface area contributed by atoms with Crippen molar-refractivity contribution in [3.63, 3.8) is 0 Å². The lowest BCUT2D eigenvalue weighted by Crippen LogP contribution is -1.87. The largest absolute Gasteiger partial charge is 0.504 e. The number of aromatic nitrogens is 1. The van der Waals surface area contributed by atoms with Gasteiger partial charge >= 0.3 is 0 Å². The first-order chi connectivity index (χ1) is 7.09. The van der Waals surface area contributed by atoms with Crippen LogP contribution in [0.15, 0.2) is 27.3 Å². The molecule has 2 rings (SSSR count). The van der Waals surface area contributed by atoms with Gasteiger partial charge in [-0.25, -0.2) is 4.39 Å². The fourth-order valence-corrected chi connectivity index (χ4v) is 1.65. The second kappa shape index (κ2) is 3.54. The number of nitrogens with zero attached hydrogens (tertiary/aromatic N) is 1. The van der Waals surface area contributed by atoms with Gasteiger partial charge < -0.3 is 15.4 Å². The van der Waals surface area contributed by atoms with Gasteiger partial charge in [0, 0.05) is 10.0 Å². The van der Waals surface area contributed by atoms with Crippen LogP contribution in [0.2, 0.25) is 0 Å². The van der Waals surface area contributed by atoms with Crippen molar-refractivity contribution in [2.45, 2.75) is 0 Å². The maximum absolute atomic E-state index is 13.2. The summed E-state index contributed by atoms with van der Waals surface area (Å²) in [6.45, 7) is 0. The smallest absolute Gasteiger partial charge is 0.230 e. The van der Waals surface area contributed by atoms with Gasteiger partial charge in [0.05, 0.1) is 11.8 Å². The van der Waals surface area contributed by atoms with Crippen molar-refractivity contribution in [1.29, 1.82) is 0 Å². The molecule has 2 aromatic rings. The molecule has 0 radical (unpaired) electrons. The average molecular weight is 273 g/mol. The molecule has 6 heteroatoms. The fourth-order valence-electron chi connectivity index (χ4n) is 1.22. The first kappa shape index (κ1) is 9.97. The minimum atomic E-state index is -0.736. The Morgan fingerprint density at radius 2 is 2.13 bits per heavy atom. The van der Waals surface area contributed by atoms with Crippen LogP contribution in [0.25, 0.3) is 11.1 Å². The molecule has 0 spiro atoms. The maximum atomic E-state index is 13.2. The molecule has 78 valence electrons. The molecule has 3 N–H and O–H groups in total. The summed E-state index contributed by atoms with van der Waals surface area (Å²) in [5, 5.41) is 12.9. The van der Waals surface area contributed by atoms with E-state index < -0.39 is 11.6 Å². The number of aromatic hydroxyl groups is 1. The third-order valence-electron chi connectivity index (χ3n) is 1.92. The standard InChI is InChI=1S/C9H6BrFN2O2/c10-4-1-5(8(14)7(11)2-4)6-3-13-15-9(6)12/h1-3,14H,12H2. The topological polar surface area (TPSA) is 72.3 Å². The molecule has 0 aliphatic rings. The van der Waals surface area contributed by atoms with E-state index in [1.165, 1.54) is 12.3 Å². The van der Waals surface area contributed by atoms with Crippen molar-refractivity contribution in [3.8, 4) is 16.9 Å². The third-order valence-corrected chi connectivity index (χ3v) is 2.37. The monoisotopic (exact) mass is 272 g/mol. The Bertz CT molecular complexity index is 513. The van der Waals surface area contributed by atoms with Gasteiger partial charge in [0.1, 0.15) is 0 Å². The Hall–Kier alpha value is -1.56. The lowest BCUT2D eigenvalue weighted by Gasteiger charge is -2.04. The third kappa shape index (κ3) is 1.68. The number of hydrogen-bond donors (Lipinski definition) is 2. The van der Waals surface area contributed by atoms with Crippen molar-refractivity contribution < 1.29 is 14.0 Å². The van der Waals surface area contributed by atoms with Crippen molar-refractivity contribution >= 4 is 21.8 Å². The molecule has 0 unspecified atom stereocenters. The SMILES string of the molecule is Nc1oncc1-c1cc(Br)cc(F)c1O. The molecule has 1 aromatic heterocycles. The van der Waals surface area contributed by atoms with E-state index in [1.54, 1.807) is 0 Å². The summed E-state index contributed by atoms with van der Waals surface area (Å²) in [4.78, 5) is 0. The number of nitrogens with two attached hydrogens (primary N) is 1. The molecule has 15 heavy (non-hydrogen) atoms. The zero-order valence-electron chi connectivity index (χ0n) is 7.37. The summed E-state index contributed by atoms with van der Waals surface area (Å²) in [5.74, 6) is -1.18. The summed E-state index contributed by atoms with van der Waals surface area (Å²) in [6.07, 6.45) is 1.32. The van der Waals surface area contributed by atoms with Crippen molar-refractivity contribution in [1.82, 2.24) is 5.16 Å². The lowest BCUT2D eigenvalue weighted by molar-refractivity contribution is 0.432. The van der Waals surface area contributed by atoms with Crippen molar-refractivity contribution in [3.05, 3.63) is 28.6 Å². The van der Waals surface area contributed by atoms with Crippen LogP contribution in [-0.4, -0.2) is 10.3 Å². The Kier molecular flexibility index (Phi) is 2.36. The molecule has 0 aliphatic carbocycles. The number of phenols is 1. The molecule has 0 saturated heterocycles. The molecule has 4 nitrogen and oxygen atoms in total. The van der Waals surface area contributed by atoms with Crippen molar-refractivity contribution in [2.24, 2.45) is 0 Å². The van der Waals surface area contributed by atoms with E-state index in [4.69, 9.17) is 5.73 Å². The number of halogens is 2. The molecule has 0 fully saturated rings. The minimum absolute atomic E-state index is 0.0304. The highest BCUT2D eigenvalue weighted by Crippen LogP contribution is 2.36. The van der Waals surface area contributed by atoms with Gasteiger partial charge in [0.15, 0.2) is 11.6 Å². The number of nitrogen functional groups attached to an aromatic ring is 1. The van der Waals surface area contributed by atoms with E-state index >= 15 is 0 Å². The van der Waals surface area contributed by atoms with Crippen LogP contribution in [0, 0.1) is 5.82 Å². The molecule has 1 heterocycles. The number of hydrogen-bond acceptors (Lipinski definition) is 4. The lowest BCUT2D eigenvalue weighted by atomic mass is 10.1. The van der Waals surface area contributed by atoms with Gasteiger partial charge in [0.25, 0.3) is 0 Å². The van der Waals surface area contributed by atoms with Crippen LogP contribution in [0.3, 0.4) is 0 Å². The number of anilines is 1. The molecule has 0 saturated carbocycles. The normalized spacial score (nSPS) is 10.5. The second-order valence-corrected chi connectivity index (χ2v) is 3.80. The van der Waals surface area contributed by atoms with Crippen molar-refractivity contribution in [2.75, 3.05) is 5.73 Å². The van der Waals surface area contributed by atoms with Gasteiger partial charge in [-0.2, -0.15) is 0 Å². The first-order valence-electron chi connectivity index (χ1n) is 3.98. The number of benzene rings is 1. The molecular weight excluding hydrogens is 267 g/mol. The van der Waals surface area contributed by atoms with E-state index in [0.717, 1.165) is 6.07 Å². The van der Waals surface area contributed by atoms with Gasteiger partial charge in [-0.15, -0.1) is 0 Å². The van der Waals surface area contributed by atoms with Gasteiger partial charge in [-0.1, -0.05) is 21.1 Å². The fraction of sp³-hybridized carbons (Fsp3) is 0. The predicted molar refractivity (Wildman–Crippen MR) is 55.7 cm³/mol. The van der Waals surface area contributed by atoms with E-state index in [0.29, 0.717) is 10.0 Å². The van der Waals surface area contributed by atoms with E-state index in [2.05, 4.69) is 25.6 Å². The highest BCUT2D eigenvalue weighted by atomic mass is 79.9. The van der Waals surface area contributed by atoms with Gasteiger partial charge in [-0.05, 0) is 12.1 Å². The molecule has 0 bridgehead atoms. The summed E-state index contributed by atoms with van der Waals surface area (Å²) in [6, 6.07) is 2.68. The maximum Gasteiger partial charge on any atom is 0.230 e. The summed E-state index contributed by atoms with van der Waals surface area (Å²) < 4.78 is 18.3. The Morgan fingerprint density at radius 3 is 2.73 bits per heavy atom. The quantitative estimate of drug-likeness (QED) is 0.837. The van der Waals surface area contributed by atoms with E-state index in [9.17, 15) is 9.50 Å². The number of rotatable bonds is 1. The predicted octanol–water partition coefficient (Wildman–Crippen LogP) is 2.53. The van der Waals surface area contributed by atoms with Crippen LogP contribution in [-0.2, 0) is 0 Å². The summed E-state index contributed by atoms with van der Waals surface area (Å²) >= 11 is 3.11. The van der Waals surface area contributed by atoms with E-state index in [1.807, 2.05) is 0 Å². The first-order valence-corrected chi connectivity index (χ1v) is 4.77. The van der Waals surface area contributed by atoms with Gasteiger partial charge in [0.2, 0.25) is 5.88 Å². The van der Waals surface area contributed by atoms with Crippen LogP contribution in [0.4, 0.5) is 10.3 Å². The molecule has 0 amide bonds. The van der Waals surface area contributed by atoms with E-state index in [-0.39, 0.29) is 11.4 Å². The second-order valence-electron chi connectivity index (χ2n) is 2.89. The molecule has 0 atom stereocenters. The van der Waals surface area contributed by atoms with Gasteiger partial charge in [-0.3, -0.25) is 0 Å². The highest BCUT2D eigenvalue weighted by molar-refractivity contribution is 9.10. The van der Waals surface area contributed by atoms with Crippen LogP contribution < -0.4 is 5.73 Å². The molecular formula is C9H6BrFN2O2. The zero-order chi connectivity index (χ0) is 11.0. The van der Waals surface area contributed by atoms with Crippen LogP contribution in [0.5, 0.6) is 5.75 Å². The molecule has 1 aromatic carbocycles. The Labute approximate surface area is 92.6 Å². The summed E-state index contributed by atoms with van der Waals surface area (Å²) in [5.41, 5.74) is 6.05. The minimum Gasteiger partial charge on any atom is -0.504 e. The molecule has 0 aliphatic heterocycles. The number of phenolic OH excluding ortho intramolecular Hbond substituents is 1. The summed E-state index contributed by atoms with van der Waals surface area (Å²) in [7, 11) is 0. The Balaban J connectivity index is 2.68. The Morgan fingerprint density at radius 1 is 1.40 bits per heavy atom. The van der Waals surface area contributed by atoms with Crippen LogP contribution >= 0.6 is 15.9 Å². The zero-order valence-corrected chi connectivity index (χ0v) is 8.95. The van der Waals surface area contributed by atoms with Crippen LogP contribution in [0.1, 0.15) is 0 Å². The highest BCUT2D eigenvalue weighted by Gasteiger charge is 2.15. The average Bonchev–Trinajstić information content (AvgIpc) is 2.58.